The summed E-state index contributed by atoms with van der Waals surface area (Å²) in [4.78, 5) is 3.91. The van der Waals surface area contributed by atoms with Crippen molar-refractivity contribution in [3.05, 3.63) is 54.6 Å². The van der Waals surface area contributed by atoms with Gasteiger partial charge >= 0.3 is 5.51 Å². The molecule has 0 saturated carbocycles. The van der Waals surface area contributed by atoms with Crippen molar-refractivity contribution in [2.24, 2.45) is 0 Å². The quantitative estimate of drug-likeness (QED) is 0.485. The Hall–Kier alpha value is -2.60. The predicted molar refractivity (Wildman–Crippen MR) is 89.4 cm³/mol. The van der Waals surface area contributed by atoms with Crippen LogP contribution in [0.4, 0.5) is 22.0 Å². The molecule has 2 heterocycles. The normalized spacial score (nSPS) is 15.2. The van der Waals surface area contributed by atoms with E-state index >= 15 is 0 Å². The average molecular weight is 417 g/mol. The maximum absolute atomic E-state index is 14.4. The third-order valence-corrected chi connectivity index (χ3v) is 4.43. The van der Waals surface area contributed by atoms with Crippen molar-refractivity contribution < 1.29 is 27.1 Å². The van der Waals surface area contributed by atoms with Crippen LogP contribution in [0.5, 0.6) is 0 Å². The summed E-state index contributed by atoms with van der Waals surface area (Å²) < 4.78 is 66.0. The molecule has 0 radical (unpaired) electrons. The van der Waals surface area contributed by atoms with Gasteiger partial charge in [-0.2, -0.15) is 17.9 Å². The van der Waals surface area contributed by atoms with Crippen LogP contribution in [0.3, 0.4) is 0 Å². The van der Waals surface area contributed by atoms with Crippen LogP contribution < -0.4 is 0 Å². The second-order valence-corrected chi connectivity index (χ2v) is 6.74. The fourth-order valence-electron chi connectivity index (χ4n) is 2.34. The Morgan fingerprint density at radius 2 is 1.68 bits per heavy atom. The Morgan fingerprint density at radius 1 is 1.00 bits per heavy atom. The summed E-state index contributed by atoms with van der Waals surface area (Å²) in [5, 5.41) is 19.5. The van der Waals surface area contributed by atoms with E-state index in [4.69, 9.17) is 0 Å². The summed E-state index contributed by atoms with van der Waals surface area (Å²) in [6, 6.07) is 8.29. The first kappa shape index (κ1) is 20.1. The van der Waals surface area contributed by atoms with Crippen molar-refractivity contribution in [1.82, 2.24) is 25.2 Å². The molecule has 0 aliphatic carbocycles. The predicted octanol–water partition coefficient (Wildman–Crippen LogP) is 3.89. The highest BCUT2D eigenvalue weighted by molar-refractivity contribution is 8.00. The van der Waals surface area contributed by atoms with E-state index in [2.05, 4.69) is 20.5 Å². The van der Waals surface area contributed by atoms with E-state index < -0.39 is 24.1 Å². The number of pyridine rings is 1. The van der Waals surface area contributed by atoms with Crippen molar-refractivity contribution in [3.8, 4) is 11.1 Å². The number of benzene rings is 1. The number of nitrogens with zero attached hydrogens (tertiary/aromatic N) is 5. The lowest BCUT2D eigenvalue weighted by atomic mass is 10.1. The van der Waals surface area contributed by atoms with E-state index in [0.29, 0.717) is 15.8 Å². The smallest absolute Gasteiger partial charge is 0.385 e. The SMILES string of the molecule is OC(C(F)c1ccc(-c2ccc(SC(F)(F)F)cc2)cn1)C(F)n1cnnn1. The first-order valence-corrected chi connectivity index (χ1v) is 8.57. The zero-order valence-corrected chi connectivity index (χ0v) is 14.6. The molecule has 3 aromatic rings. The van der Waals surface area contributed by atoms with Gasteiger partial charge in [0.05, 0.1) is 5.69 Å². The Bertz CT molecular complexity index is 889. The van der Waals surface area contributed by atoms with Gasteiger partial charge in [0.15, 0.2) is 6.17 Å². The molecule has 0 aliphatic heterocycles. The fraction of sp³-hybridized carbons (Fsp3) is 0.250. The Morgan fingerprint density at radius 3 is 2.21 bits per heavy atom. The van der Waals surface area contributed by atoms with Crippen molar-refractivity contribution in [2.75, 3.05) is 0 Å². The largest absolute Gasteiger partial charge is 0.446 e. The topological polar surface area (TPSA) is 76.7 Å². The number of aliphatic hydroxyl groups excluding tert-OH is 1. The van der Waals surface area contributed by atoms with E-state index in [1.54, 1.807) is 0 Å². The van der Waals surface area contributed by atoms with Crippen molar-refractivity contribution in [2.45, 2.75) is 29.0 Å². The van der Waals surface area contributed by atoms with Gasteiger partial charge in [0.2, 0.25) is 6.30 Å². The van der Waals surface area contributed by atoms with Crippen LogP contribution >= 0.6 is 11.8 Å². The number of rotatable bonds is 6. The lowest BCUT2D eigenvalue weighted by Crippen LogP contribution is -2.26. The second-order valence-electron chi connectivity index (χ2n) is 5.60. The molecule has 6 nitrogen and oxygen atoms in total. The number of alkyl halides is 5. The molecule has 0 saturated heterocycles. The molecule has 12 heteroatoms. The van der Waals surface area contributed by atoms with Gasteiger partial charge in [-0.05, 0) is 46.0 Å². The molecule has 28 heavy (non-hydrogen) atoms. The summed E-state index contributed by atoms with van der Waals surface area (Å²) >= 11 is -0.229. The molecule has 3 atom stereocenters. The lowest BCUT2D eigenvalue weighted by molar-refractivity contribution is -0.0328. The third-order valence-electron chi connectivity index (χ3n) is 3.69. The standard InChI is InChI=1S/C16H12F5N5OS/c17-13(14(27)15(18)26-8-23-24-25-26)12-6-3-10(7-22-12)9-1-4-11(5-2-9)28-16(19,20)21/h1-8,13-15,27H. The second kappa shape index (κ2) is 8.19. The van der Waals surface area contributed by atoms with Crippen molar-refractivity contribution in [3.63, 3.8) is 0 Å². The van der Waals surface area contributed by atoms with Gasteiger partial charge in [0, 0.05) is 16.7 Å². The van der Waals surface area contributed by atoms with Gasteiger partial charge < -0.3 is 5.11 Å². The Kier molecular flexibility index (Phi) is 5.89. The molecule has 3 rings (SSSR count). The fourth-order valence-corrected chi connectivity index (χ4v) is 2.88. The molecule has 1 N–H and O–H groups in total. The number of hydrogen-bond acceptors (Lipinski definition) is 6. The highest BCUT2D eigenvalue weighted by Crippen LogP contribution is 2.37. The van der Waals surface area contributed by atoms with Crippen LogP contribution in [0.2, 0.25) is 0 Å². The first-order chi connectivity index (χ1) is 13.2. The van der Waals surface area contributed by atoms with Crippen LogP contribution in [0.25, 0.3) is 11.1 Å². The number of aliphatic hydroxyl groups is 1. The molecule has 148 valence electrons. The lowest BCUT2D eigenvalue weighted by Gasteiger charge is -2.18. The van der Waals surface area contributed by atoms with Gasteiger partial charge in [-0.25, -0.2) is 8.78 Å². The number of hydrogen-bond donors (Lipinski definition) is 1. The van der Waals surface area contributed by atoms with Crippen LogP contribution in [-0.4, -0.2) is 41.9 Å². The maximum atomic E-state index is 14.4. The summed E-state index contributed by atoms with van der Waals surface area (Å²) in [6.07, 6.45) is -4.24. The number of tetrazole rings is 1. The highest BCUT2D eigenvalue weighted by atomic mass is 32.2. The van der Waals surface area contributed by atoms with E-state index in [1.807, 2.05) is 0 Å². The van der Waals surface area contributed by atoms with Gasteiger partial charge in [0.25, 0.3) is 0 Å². The van der Waals surface area contributed by atoms with Crippen molar-refractivity contribution >= 4 is 11.8 Å². The summed E-state index contributed by atoms with van der Waals surface area (Å²) in [5.74, 6) is 0. The minimum absolute atomic E-state index is 0.0318. The Labute approximate surface area is 159 Å². The van der Waals surface area contributed by atoms with Gasteiger partial charge in [0.1, 0.15) is 12.4 Å². The van der Waals surface area contributed by atoms with Crippen LogP contribution in [0, 0.1) is 0 Å². The molecule has 1 aromatic carbocycles. The van der Waals surface area contributed by atoms with Crippen molar-refractivity contribution in [1.29, 1.82) is 0 Å². The maximum Gasteiger partial charge on any atom is 0.446 e. The van der Waals surface area contributed by atoms with Crippen LogP contribution in [0.15, 0.2) is 53.8 Å². The Balaban J connectivity index is 1.70. The van der Waals surface area contributed by atoms with Gasteiger partial charge in [-0.3, -0.25) is 4.98 Å². The molecule has 0 fully saturated rings. The molecular weight excluding hydrogens is 405 g/mol. The van der Waals surface area contributed by atoms with Crippen LogP contribution in [-0.2, 0) is 0 Å². The molecule has 3 unspecified atom stereocenters. The molecule has 0 spiro atoms. The summed E-state index contributed by atoms with van der Waals surface area (Å²) in [5.41, 5.74) is -3.50. The molecule has 0 bridgehead atoms. The molecule has 0 amide bonds. The summed E-state index contributed by atoms with van der Waals surface area (Å²) in [6.45, 7) is 0. The minimum Gasteiger partial charge on any atom is -0.385 e. The monoisotopic (exact) mass is 417 g/mol. The van der Waals surface area contributed by atoms with Gasteiger partial charge in [-0.1, -0.05) is 18.2 Å². The summed E-state index contributed by atoms with van der Waals surface area (Å²) in [7, 11) is 0. The van der Waals surface area contributed by atoms with E-state index in [9.17, 15) is 27.1 Å². The third kappa shape index (κ3) is 4.81. The minimum atomic E-state index is -4.38. The first-order valence-electron chi connectivity index (χ1n) is 7.75. The van der Waals surface area contributed by atoms with E-state index in [0.717, 1.165) is 6.33 Å². The number of aromatic nitrogens is 5. The molecule has 2 aromatic heterocycles. The zero-order valence-electron chi connectivity index (χ0n) is 13.8. The zero-order chi connectivity index (χ0) is 20.3. The van der Waals surface area contributed by atoms with Gasteiger partial charge in [-0.15, -0.1) is 5.10 Å². The van der Waals surface area contributed by atoms with Crippen LogP contribution in [0.1, 0.15) is 18.2 Å². The van der Waals surface area contributed by atoms with E-state index in [-0.39, 0.29) is 22.4 Å². The average Bonchev–Trinajstić information content (AvgIpc) is 3.20. The van der Waals surface area contributed by atoms with E-state index in [1.165, 1.54) is 42.6 Å². The molecule has 0 aliphatic rings. The molecular formula is C16H12F5N5OS. The number of thioether (sulfide) groups is 1. The number of halogens is 5. The highest BCUT2D eigenvalue weighted by Gasteiger charge is 2.32.